The molecule has 1 heterocycles. The van der Waals surface area contributed by atoms with Gasteiger partial charge < -0.3 is 15.5 Å². The average Bonchev–Trinajstić information content (AvgIpc) is 2.07. The van der Waals surface area contributed by atoms with E-state index in [2.05, 4.69) is 30.9 Å². The van der Waals surface area contributed by atoms with Crippen LogP contribution in [-0.2, 0) is 0 Å². The first-order valence-corrected chi connectivity index (χ1v) is 5.18. The Morgan fingerprint density at radius 3 is 2.69 bits per heavy atom. The van der Waals surface area contributed by atoms with E-state index in [4.69, 9.17) is 5.73 Å². The molecule has 0 spiro atoms. The van der Waals surface area contributed by atoms with Gasteiger partial charge in [0.15, 0.2) is 0 Å². The van der Waals surface area contributed by atoms with E-state index < -0.39 is 0 Å². The van der Waals surface area contributed by atoms with Gasteiger partial charge in [0.2, 0.25) is 0 Å². The van der Waals surface area contributed by atoms with Crippen LogP contribution in [0.4, 0.5) is 0 Å². The van der Waals surface area contributed by atoms with Crippen LogP contribution in [0.25, 0.3) is 0 Å². The van der Waals surface area contributed by atoms with Gasteiger partial charge in [-0.25, -0.2) is 0 Å². The molecule has 1 fully saturated rings. The number of likely N-dealkylation sites (N-methyl/N-ethyl adjacent to an activating group) is 1. The molecule has 0 aromatic heterocycles. The van der Waals surface area contributed by atoms with Gasteiger partial charge in [0, 0.05) is 19.1 Å². The summed E-state index contributed by atoms with van der Waals surface area (Å²) in [5.74, 6) is 0.847. The van der Waals surface area contributed by atoms with E-state index in [1.807, 2.05) is 0 Å². The molecule has 1 aliphatic rings. The summed E-state index contributed by atoms with van der Waals surface area (Å²) in [6, 6.07) is 0.610. The fraction of sp³-hybridized carbons (Fsp3) is 1.00. The second-order valence-electron chi connectivity index (χ2n) is 4.52. The van der Waals surface area contributed by atoms with Crippen molar-refractivity contribution in [3.63, 3.8) is 0 Å². The molecule has 2 unspecified atom stereocenters. The van der Waals surface area contributed by atoms with Crippen molar-refractivity contribution in [3.05, 3.63) is 0 Å². The summed E-state index contributed by atoms with van der Waals surface area (Å²) in [4.78, 5) is 4.68. The van der Waals surface area contributed by atoms with E-state index in [9.17, 15) is 0 Å². The minimum atomic E-state index is 0.610. The summed E-state index contributed by atoms with van der Waals surface area (Å²) in [5, 5.41) is 0. The normalized spacial score (nSPS) is 31.2. The van der Waals surface area contributed by atoms with Gasteiger partial charge in [-0.15, -0.1) is 0 Å². The average molecular weight is 185 g/mol. The van der Waals surface area contributed by atoms with Gasteiger partial charge in [-0.05, 0) is 46.4 Å². The van der Waals surface area contributed by atoms with Crippen molar-refractivity contribution >= 4 is 0 Å². The molecule has 1 saturated heterocycles. The highest BCUT2D eigenvalue weighted by atomic mass is 15.1. The van der Waals surface area contributed by atoms with Crippen LogP contribution >= 0.6 is 0 Å². The van der Waals surface area contributed by atoms with E-state index in [0.717, 1.165) is 12.5 Å². The zero-order valence-electron chi connectivity index (χ0n) is 9.16. The highest BCUT2D eigenvalue weighted by Gasteiger charge is 2.24. The highest BCUT2D eigenvalue weighted by molar-refractivity contribution is 4.81. The molecular weight excluding hydrogens is 162 g/mol. The Balaban J connectivity index is 2.36. The standard InChI is InChI=1S/C10H23N3/c1-12(2)8-9-4-5-13(3)10(6-9)7-11/h9-10H,4-8,11H2,1-3H3. The summed E-state index contributed by atoms with van der Waals surface area (Å²) in [6.07, 6.45) is 2.59. The largest absolute Gasteiger partial charge is 0.329 e. The SMILES string of the molecule is CN(C)CC1CCN(C)C(CN)C1. The first-order chi connectivity index (χ1) is 6.13. The van der Waals surface area contributed by atoms with Gasteiger partial charge >= 0.3 is 0 Å². The zero-order valence-corrected chi connectivity index (χ0v) is 9.16. The number of nitrogens with two attached hydrogens (primary N) is 1. The molecule has 1 aliphatic heterocycles. The van der Waals surface area contributed by atoms with Gasteiger partial charge in [0.1, 0.15) is 0 Å². The number of likely N-dealkylation sites (tertiary alicyclic amines) is 1. The number of hydrogen-bond donors (Lipinski definition) is 1. The molecule has 3 heteroatoms. The van der Waals surface area contributed by atoms with Gasteiger partial charge in [-0.1, -0.05) is 0 Å². The topological polar surface area (TPSA) is 32.5 Å². The molecule has 0 bridgehead atoms. The van der Waals surface area contributed by atoms with Crippen LogP contribution in [0.3, 0.4) is 0 Å². The predicted molar refractivity (Wildman–Crippen MR) is 56.8 cm³/mol. The first kappa shape index (κ1) is 11.0. The smallest absolute Gasteiger partial charge is 0.0218 e. The van der Waals surface area contributed by atoms with Crippen LogP contribution in [0.5, 0.6) is 0 Å². The van der Waals surface area contributed by atoms with E-state index in [1.165, 1.54) is 25.9 Å². The van der Waals surface area contributed by atoms with Crippen LogP contribution in [0, 0.1) is 5.92 Å². The number of piperidine rings is 1. The van der Waals surface area contributed by atoms with Crippen molar-refractivity contribution in [1.29, 1.82) is 0 Å². The van der Waals surface area contributed by atoms with E-state index in [-0.39, 0.29) is 0 Å². The fourth-order valence-corrected chi connectivity index (χ4v) is 2.21. The van der Waals surface area contributed by atoms with Crippen LogP contribution in [0.2, 0.25) is 0 Å². The molecule has 2 atom stereocenters. The zero-order chi connectivity index (χ0) is 9.84. The number of nitrogens with zero attached hydrogens (tertiary/aromatic N) is 2. The highest BCUT2D eigenvalue weighted by Crippen LogP contribution is 2.21. The van der Waals surface area contributed by atoms with Crippen LogP contribution < -0.4 is 5.73 Å². The molecule has 0 radical (unpaired) electrons. The molecule has 3 nitrogen and oxygen atoms in total. The molecule has 0 amide bonds. The molecular formula is C10H23N3. The maximum absolute atomic E-state index is 5.73. The van der Waals surface area contributed by atoms with Crippen LogP contribution in [0.1, 0.15) is 12.8 Å². The van der Waals surface area contributed by atoms with Crippen molar-refractivity contribution in [3.8, 4) is 0 Å². The van der Waals surface area contributed by atoms with Crippen molar-refractivity contribution in [2.75, 3.05) is 40.8 Å². The van der Waals surface area contributed by atoms with Crippen LogP contribution in [-0.4, -0.2) is 56.6 Å². The third kappa shape index (κ3) is 3.25. The summed E-state index contributed by atoms with van der Waals surface area (Å²) in [7, 11) is 6.48. The molecule has 2 N–H and O–H groups in total. The van der Waals surface area contributed by atoms with Crippen molar-refractivity contribution in [1.82, 2.24) is 9.80 Å². The third-order valence-corrected chi connectivity index (χ3v) is 3.01. The molecule has 0 aromatic carbocycles. The minimum Gasteiger partial charge on any atom is -0.329 e. The summed E-state index contributed by atoms with van der Waals surface area (Å²) in [5.41, 5.74) is 5.73. The summed E-state index contributed by atoms with van der Waals surface area (Å²) < 4.78 is 0. The van der Waals surface area contributed by atoms with Crippen molar-refractivity contribution < 1.29 is 0 Å². The molecule has 0 saturated carbocycles. The Kier molecular flexibility index (Phi) is 4.16. The Morgan fingerprint density at radius 1 is 1.46 bits per heavy atom. The molecule has 0 aromatic rings. The molecule has 78 valence electrons. The lowest BCUT2D eigenvalue weighted by Crippen LogP contribution is -2.45. The maximum atomic E-state index is 5.73. The van der Waals surface area contributed by atoms with Crippen molar-refractivity contribution in [2.24, 2.45) is 11.7 Å². The molecule has 0 aliphatic carbocycles. The lowest BCUT2D eigenvalue weighted by atomic mass is 9.91. The number of hydrogen-bond acceptors (Lipinski definition) is 3. The quantitative estimate of drug-likeness (QED) is 0.682. The summed E-state index contributed by atoms with van der Waals surface area (Å²) in [6.45, 7) is 3.23. The number of rotatable bonds is 3. The minimum absolute atomic E-state index is 0.610. The van der Waals surface area contributed by atoms with E-state index >= 15 is 0 Å². The van der Waals surface area contributed by atoms with Gasteiger partial charge in [-0.2, -0.15) is 0 Å². The Hall–Kier alpha value is -0.120. The van der Waals surface area contributed by atoms with Gasteiger partial charge in [-0.3, -0.25) is 0 Å². The second kappa shape index (κ2) is 4.94. The van der Waals surface area contributed by atoms with Gasteiger partial charge in [0.05, 0.1) is 0 Å². The van der Waals surface area contributed by atoms with Crippen LogP contribution in [0.15, 0.2) is 0 Å². The lowest BCUT2D eigenvalue weighted by molar-refractivity contribution is 0.129. The Labute approximate surface area is 81.9 Å². The predicted octanol–water partition coefficient (Wildman–Crippen LogP) is 0.217. The van der Waals surface area contributed by atoms with Gasteiger partial charge in [0.25, 0.3) is 0 Å². The monoisotopic (exact) mass is 185 g/mol. The lowest BCUT2D eigenvalue weighted by Gasteiger charge is -2.37. The van der Waals surface area contributed by atoms with Crippen molar-refractivity contribution in [2.45, 2.75) is 18.9 Å². The maximum Gasteiger partial charge on any atom is 0.0218 e. The van der Waals surface area contributed by atoms with E-state index in [0.29, 0.717) is 6.04 Å². The Bertz CT molecular complexity index is 147. The fourth-order valence-electron chi connectivity index (χ4n) is 2.21. The summed E-state index contributed by atoms with van der Waals surface area (Å²) >= 11 is 0. The molecule has 1 rings (SSSR count). The molecule has 13 heavy (non-hydrogen) atoms. The third-order valence-electron chi connectivity index (χ3n) is 3.01. The second-order valence-corrected chi connectivity index (χ2v) is 4.52. The first-order valence-electron chi connectivity index (χ1n) is 5.18. The Morgan fingerprint density at radius 2 is 2.15 bits per heavy atom. The van der Waals surface area contributed by atoms with E-state index in [1.54, 1.807) is 0 Å².